The summed E-state index contributed by atoms with van der Waals surface area (Å²) in [7, 11) is 0. The zero-order valence-electron chi connectivity index (χ0n) is 12.7. The molecule has 112 valence electrons. The van der Waals surface area contributed by atoms with E-state index in [4.69, 9.17) is 4.52 Å². The van der Waals surface area contributed by atoms with E-state index in [2.05, 4.69) is 52.4 Å². The Labute approximate surface area is 125 Å². The number of nitrogens with zero attached hydrogens (tertiary/aromatic N) is 3. The SMILES string of the molecule is Cc1ccc(C)c(Cc2nc(CN3CCNCC3)no2)c1. The molecule has 1 aromatic heterocycles. The lowest BCUT2D eigenvalue weighted by Crippen LogP contribution is -2.43. The lowest BCUT2D eigenvalue weighted by atomic mass is 10.0. The third kappa shape index (κ3) is 3.68. The number of nitrogens with one attached hydrogen (secondary N) is 1. The summed E-state index contributed by atoms with van der Waals surface area (Å²) in [5, 5.41) is 7.45. The maximum absolute atomic E-state index is 5.40. The summed E-state index contributed by atoms with van der Waals surface area (Å²) in [5.41, 5.74) is 3.78. The Hall–Kier alpha value is -1.72. The molecule has 1 aliphatic rings. The van der Waals surface area contributed by atoms with Crippen LogP contribution in [-0.2, 0) is 13.0 Å². The van der Waals surface area contributed by atoms with Gasteiger partial charge in [0.2, 0.25) is 5.89 Å². The van der Waals surface area contributed by atoms with Gasteiger partial charge in [-0.15, -0.1) is 0 Å². The standard InChI is InChI=1S/C16H22N4O/c1-12-3-4-13(2)14(9-12)10-16-18-15(19-21-16)11-20-7-5-17-6-8-20/h3-4,9,17H,5-8,10-11H2,1-2H3. The van der Waals surface area contributed by atoms with Crippen molar-refractivity contribution in [3.05, 3.63) is 46.6 Å². The van der Waals surface area contributed by atoms with E-state index in [0.29, 0.717) is 12.3 Å². The summed E-state index contributed by atoms with van der Waals surface area (Å²) < 4.78 is 5.40. The minimum absolute atomic E-state index is 0.703. The number of aromatic nitrogens is 2. The third-order valence-electron chi connectivity index (χ3n) is 3.93. The Morgan fingerprint density at radius 2 is 2.05 bits per heavy atom. The summed E-state index contributed by atoms with van der Waals surface area (Å²) >= 11 is 0. The summed E-state index contributed by atoms with van der Waals surface area (Å²) in [5.74, 6) is 1.49. The van der Waals surface area contributed by atoms with Crippen LogP contribution in [0.4, 0.5) is 0 Å². The molecule has 2 aromatic rings. The van der Waals surface area contributed by atoms with Crippen LogP contribution in [0.3, 0.4) is 0 Å². The second-order valence-corrected chi connectivity index (χ2v) is 5.74. The minimum atomic E-state index is 0.703. The van der Waals surface area contributed by atoms with Crippen molar-refractivity contribution < 1.29 is 4.52 Å². The fourth-order valence-corrected chi connectivity index (χ4v) is 2.65. The average molecular weight is 286 g/mol. The molecule has 1 aliphatic heterocycles. The molecule has 2 heterocycles. The molecule has 0 amide bonds. The first-order valence-electron chi connectivity index (χ1n) is 7.51. The van der Waals surface area contributed by atoms with E-state index in [0.717, 1.165) is 38.5 Å². The number of hydrogen-bond acceptors (Lipinski definition) is 5. The molecule has 0 bridgehead atoms. The first-order chi connectivity index (χ1) is 10.2. The van der Waals surface area contributed by atoms with Gasteiger partial charge in [-0.1, -0.05) is 28.9 Å². The van der Waals surface area contributed by atoms with Gasteiger partial charge < -0.3 is 9.84 Å². The van der Waals surface area contributed by atoms with E-state index in [1.54, 1.807) is 0 Å². The first kappa shape index (κ1) is 14.2. The van der Waals surface area contributed by atoms with Gasteiger partial charge in [0.05, 0.1) is 13.0 Å². The number of hydrogen-bond donors (Lipinski definition) is 1. The van der Waals surface area contributed by atoms with Crippen molar-refractivity contribution in [1.82, 2.24) is 20.4 Å². The molecule has 3 rings (SSSR count). The second kappa shape index (κ2) is 6.37. The van der Waals surface area contributed by atoms with Gasteiger partial charge in [-0.2, -0.15) is 4.98 Å². The van der Waals surface area contributed by atoms with Gasteiger partial charge in [-0.25, -0.2) is 0 Å². The molecule has 0 unspecified atom stereocenters. The fourth-order valence-electron chi connectivity index (χ4n) is 2.65. The number of rotatable bonds is 4. The van der Waals surface area contributed by atoms with Gasteiger partial charge in [0.1, 0.15) is 0 Å². The van der Waals surface area contributed by atoms with Crippen LogP contribution in [0.2, 0.25) is 0 Å². The maximum atomic E-state index is 5.40. The lowest BCUT2D eigenvalue weighted by Gasteiger charge is -2.25. The minimum Gasteiger partial charge on any atom is -0.339 e. The van der Waals surface area contributed by atoms with Crippen LogP contribution >= 0.6 is 0 Å². The molecule has 5 heteroatoms. The number of piperazine rings is 1. The Bertz CT molecular complexity index is 602. The van der Waals surface area contributed by atoms with Gasteiger partial charge in [0.25, 0.3) is 0 Å². The molecule has 1 fully saturated rings. The van der Waals surface area contributed by atoms with Gasteiger partial charge in [0.15, 0.2) is 5.82 Å². The molecule has 0 radical (unpaired) electrons. The first-order valence-corrected chi connectivity index (χ1v) is 7.51. The molecule has 1 N–H and O–H groups in total. The van der Waals surface area contributed by atoms with Crippen molar-refractivity contribution in [2.75, 3.05) is 26.2 Å². The van der Waals surface area contributed by atoms with Crippen LogP contribution < -0.4 is 5.32 Å². The molecule has 21 heavy (non-hydrogen) atoms. The summed E-state index contributed by atoms with van der Waals surface area (Å²) in [4.78, 5) is 6.88. The Kier molecular flexibility index (Phi) is 4.31. The molecular formula is C16H22N4O. The van der Waals surface area contributed by atoms with Gasteiger partial charge >= 0.3 is 0 Å². The van der Waals surface area contributed by atoms with Crippen molar-refractivity contribution >= 4 is 0 Å². The largest absolute Gasteiger partial charge is 0.339 e. The van der Waals surface area contributed by atoms with Crippen molar-refractivity contribution in [2.45, 2.75) is 26.8 Å². The highest BCUT2D eigenvalue weighted by Gasteiger charge is 2.14. The van der Waals surface area contributed by atoms with E-state index in [1.165, 1.54) is 16.7 Å². The van der Waals surface area contributed by atoms with E-state index >= 15 is 0 Å². The molecule has 0 atom stereocenters. The van der Waals surface area contributed by atoms with Crippen LogP contribution in [0.15, 0.2) is 22.7 Å². The fraction of sp³-hybridized carbons (Fsp3) is 0.500. The predicted octanol–water partition coefficient (Wildman–Crippen LogP) is 1.68. The molecular weight excluding hydrogens is 264 g/mol. The second-order valence-electron chi connectivity index (χ2n) is 5.74. The maximum Gasteiger partial charge on any atom is 0.231 e. The smallest absolute Gasteiger partial charge is 0.231 e. The molecule has 0 aliphatic carbocycles. The van der Waals surface area contributed by atoms with E-state index < -0.39 is 0 Å². The van der Waals surface area contributed by atoms with Gasteiger partial charge in [0, 0.05) is 26.2 Å². The van der Waals surface area contributed by atoms with E-state index in [9.17, 15) is 0 Å². The predicted molar refractivity (Wildman–Crippen MR) is 81.2 cm³/mol. The van der Waals surface area contributed by atoms with Crippen LogP contribution in [0.1, 0.15) is 28.4 Å². The highest BCUT2D eigenvalue weighted by Crippen LogP contribution is 2.15. The topological polar surface area (TPSA) is 54.2 Å². The van der Waals surface area contributed by atoms with E-state index in [-0.39, 0.29) is 0 Å². The quantitative estimate of drug-likeness (QED) is 0.927. The van der Waals surface area contributed by atoms with Crippen LogP contribution in [0.5, 0.6) is 0 Å². The zero-order valence-corrected chi connectivity index (χ0v) is 12.7. The van der Waals surface area contributed by atoms with Gasteiger partial charge in [-0.05, 0) is 25.0 Å². The summed E-state index contributed by atoms with van der Waals surface area (Å²) in [6, 6.07) is 6.46. The van der Waals surface area contributed by atoms with Crippen molar-refractivity contribution in [3.63, 3.8) is 0 Å². The van der Waals surface area contributed by atoms with Crippen LogP contribution in [0.25, 0.3) is 0 Å². The van der Waals surface area contributed by atoms with E-state index in [1.807, 2.05) is 0 Å². The van der Waals surface area contributed by atoms with Crippen molar-refractivity contribution in [2.24, 2.45) is 0 Å². The molecule has 5 nitrogen and oxygen atoms in total. The zero-order chi connectivity index (χ0) is 14.7. The van der Waals surface area contributed by atoms with Gasteiger partial charge in [-0.3, -0.25) is 4.90 Å². The molecule has 1 aromatic carbocycles. The summed E-state index contributed by atoms with van der Waals surface area (Å²) in [6.45, 7) is 9.15. The molecule has 1 saturated heterocycles. The monoisotopic (exact) mass is 286 g/mol. The molecule has 0 spiro atoms. The van der Waals surface area contributed by atoms with Crippen LogP contribution in [-0.4, -0.2) is 41.2 Å². The highest BCUT2D eigenvalue weighted by molar-refractivity contribution is 5.32. The Morgan fingerprint density at radius 3 is 2.86 bits per heavy atom. The van der Waals surface area contributed by atoms with Crippen molar-refractivity contribution in [3.8, 4) is 0 Å². The number of aryl methyl sites for hydroxylation is 2. The third-order valence-corrected chi connectivity index (χ3v) is 3.93. The normalized spacial score (nSPS) is 16.3. The summed E-state index contributed by atoms with van der Waals surface area (Å²) in [6.07, 6.45) is 0.710. The Balaban J connectivity index is 1.65. The van der Waals surface area contributed by atoms with Crippen LogP contribution in [0, 0.1) is 13.8 Å². The van der Waals surface area contributed by atoms with Crippen molar-refractivity contribution in [1.29, 1.82) is 0 Å². The molecule has 0 saturated carbocycles. The number of benzene rings is 1. The lowest BCUT2D eigenvalue weighted by molar-refractivity contribution is 0.224. The Morgan fingerprint density at radius 1 is 1.24 bits per heavy atom. The average Bonchev–Trinajstić information content (AvgIpc) is 2.91. The highest BCUT2D eigenvalue weighted by atomic mass is 16.5.